The van der Waals surface area contributed by atoms with Crippen molar-refractivity contribution in [1.82, 2.24) is 5.32 Å². The lowest BCUT2D eigenvalue weighted by molar-refractivity contribution is -0.125. The average Bonchev–Trinajstić information content (AvgIpc) is 2.48. The molecule has 1 aromatic carbocycles. The van der Waals surface area contributed by atoms with Crippen molar-refractivity contribution in [3.8, 4) is 0 Å². The Morgan fingerprint density at radius 2 is 1.95 bits per heavy atom. The van der Waals surface area contributed by atoms with Crippen LogP contribution in [-0.2, 0) is 9.53 Å². The van der Waals surface area contributed by atoms with Crippen LogP contribution in [0.5, 0.6) is 0 Å². The Hall–Kier alpha value is -1.84. The second-order valence-corrected chi connectivity index (χ2v) is 5.83. The van der Waals surface area contributed by atoms with Crippen molar-refractivity contribution in [2.24, 2.45) is 5.92 Å². The van der Waals surface area contributed by atoms with Crippen LogP contribution in [0.1, 0.15) is 48.5 Å². The number of benzene rings is 1. The molecule has 0 unspecified atom stereocenters. The molecule has 1 fully saturated rings. The Morgan fingerprint density at radius 1 is 1.24 bits per heavy atom. The largest absolute Gasteiger partial charge is 0.452 e. The summed E-state index contributed by atoms with van der Waals surface area (Å²) >= 11 is 0. The van der Waals surface area contributed by atoms with Crippen molar-refractivity contribution < 1.29 is 14.3 Å². The molecule has 0 heterocycles. The van der Waals surface area contributed by atoms with Crippen molar-refractivity contribution in [1.29, 1.82) is 0 Å². The first-order valence-electron chi connectivity index (χ1n) is 7.60. The molecule has 1 saturated carbocycles. The minimum Gasteiger partial charge on any atom is -0.452 e. The minimum atomic E-state index is -0.444. The molecule has 1 N–H and O–H groups in total. The van der Waals surface area contributed by atoms with Gasteiger partial charge in [-0.1, -0.05) is 38.0 Å². The van der Waals surface area contributed by atoms with Gasteiger partial charge in [0.05, 0.1) is 5.56 Å². The molecular formula is C17H23NO3. The van der Waals surface area contributed by atoms with Crippen LogP contribution in [0.2, 0.25) is 0 Å². The lowest BCUT2D eigenvalue weighted by Gasteiger charge is -2.29. The third-order valence-corrected chi connectivity index (χ3v) is 4.16. The van der Waals surface area contributed by atoms with Crippen LogP contribution in [0.15, 0.2) is 24.3 Å². The van der Waals surface area contributed by atoms with E-state index in [4.69, 9.17) is 4.74 Å². The Labute approximate surface area is 125 Å². The number of hydrogen-bond donors (Lipinski definition) is 1. The van der Waals surface area contributed by atoms with E-state index in [1.165, 1.54) is 6.42 Å². The van der Waals surface area contributed by atoms with Gasteiger partial charge in [0.25, 0.3) is 5.91 Å². The Kier molecular flexibility index (Phi) is 5.37. The van der Waals surface area contributed by atoms with Crippen molar-refractivity contribution in [2.75, 3.05) is 6.61 Å². The topological polar surface area (TPSA) is 55.4 Å². The van der Waals surface area contributed by atoms with Crippen LogP contribution in [0.3, 0.4) is 0 Å². The second-order valence-electron chi connectivity index (χ2n) is 5.83. The van der Waals surface area contributed by atoms with Crippen LogP contribution in [-0.4, -0.2) is 24.5 Å². The summed E-state index contributed by atoms with van der Waals surface area (Å²) in [5.41, 5.74) is 1.36. The molecule has 1 aliphatic carbocycles. The van der Waals surface area contributed by atoms with Crippen LogP contribution >= 0.6 is 0 Å². The lowest BCUT2D eigenvalue weighted by Crippen LogP contribution is -2.42. The summed E-state index contributed by atoms with van der Waals surface area (Å²) in [5.74, 6) is -0.162. The van der Waals surface area contributed by atoms with E-state index >= 15 is 0 Å². The summed E-state index contributed by atoms with van der Waals surface area (Å²) in [7, 11) is 0. The van der Waals surface area contributed by atoms with Gasteiger partial charge in [-0.15, -0.1) is 0 Å². The van der Waals surface area contributed by atoms with Gasteiger partial charge in [-0.05, 0) is 37.3 Å². The van der Waals surface area contributed by atoms with E-state index in [0.717, 1.165) is 24.8 Å². The molecule has 21 heavy (non-hydrogen) atoms. The maximum atomic E-state index is 11.9. The quantitative estimate of drug-likeness (QED) is 0.867. The minimum absolute atomic E-state index is 0.211. The molecule has 114 valence electrons. The van der Waals surface area contributed by atoms with Gasteiger partial charge in [0.15, 0.2) is 6.61 Å². The second kappa shape index (κ2) is 7.25. The third-order valence-electron chi connectivity index (χ3n) is 4.16. The third kappa shape index (κ3) is 4.31. The van der Waals surface area contributed by atoms with E-state index in [9.17, 15) is 9.59 Å². The van der Waals surface area contributed by atoms with Crippen LogP contribution in [0.25, 0.3) is 0 Å². The first kappa shape index (κ1) is 15.5. The monoisotopic (exact) mass is 289 g/mol. The number of amides is 1. The number of aryl methyl sites for hydroxylation is 1. The molecule has 4 heteroatoms. The molecule has 0 aromatic heterocycles. The molecule has 1 amide bonds. The van der Waals surface area contributed by atoms with E-state index < -0.39 is 5.97 Å². The molecule has 1 aliphatic rings. The summed E-state index contributed by atoms with van der Waals surface area (Å²) in [5, 5.41) is 2.97. The van der Waals surface area contributed by atoms with Gasteiger partial charge >= 0.3 is 5.97 Å². The number of nitrogens with one attached hydrogen (secondary N) is 1. The normalized spacial score (nSPS) is 21.6. The summed E-state index contributed by atoms with van der Waals surface area (Å²) in [6.07, 6.45) is 4.54. The predicted octanol–water partition coefficient (Wildman–Crippen LogP) is 2.85. The van der Waals surface area contributed by atoms with Gasteiger partial charge in [-0.2, -0.15) is 0 Å². The highest BCUT2D eigenvalue weighted by Gasteiger charge is 2.23. The van der Waals surface area contributed by atoms with Gasteiger partial charge < -0.3 is 10.1 Å². The van der Waals surface area contributed by atoms with E-state index in [-0.39, 0.29) is 18.6 Å². The summed E-state index contributed by atoms with van der Waals surface area (Å²) in [6.45, 7) is 3.79. The number of carbonyl (C=O) groups is 2. The van der Waals surface area contributed by atoms with Crippen LogP contribution in [0, 0.1) is 12.8 Å². The molecule has 0 radical (unpaired) electrons. The Balaban J connectivity index is 1.81. The highest BCUT2D eigenvalue weighted by molar-refractivity contribution is 5.92. The van der Waals surface area contributed by atoms with Crippen molar-refractivity contribution in [3.63, 3.8) is 0 Å². The van der Waals surface area contributed by atoms with E-state index in [2.05, 4.69) is 12.2 Å². The fourth-order valence-electron chi connectivity index (χ4n) is 2.79. The van der Waals surface area contributed by atoms with Crippen molar-refractivity contribution in [2.45, 2.75) is 45.6 Å². The number of carbonyl (C=O) groups excluding carboxylic acids is 2. The van der Waals surface area contributed by atoms with Crippen molar-refractivity contribution >= 4 is 11.9 Å². The highest BCUT2D eigenvalue weighted by atomic mass is 16.5. The van der Waals surface area contributed by atoms with E-state index in [0.29, 0.717) is 11.5 Å². The molecule has 1 aromatic rings. The Morgan fingerprint density at radius 3 is 2.67 bits per heavy atom. The lowest BCUT2D eigenvalue weighted by atomic mass is 9.86. The molecule has 0 bridgehead atoms. The average molecular weight is 289 g/mol. The Bertz CT molecular complexity index is 513. The fraction of sp³-hybridized carbons (Fsp3) is 0.529. The predicted molar refractivity (Wildman–Crippen MR) is 81.0 cm³/mol. The standard InChI is InChI=1S/C17H23NO3/c1-12-7-3-5-9-14(12)17(20)21-11-16(19)18-15-10-6-4-8-13(15)2/h3,5,7,9,13,15H,4,6,8,10-11H2,1-2H3,(H,18,19)/t13-,15-/m1/s1. The molecule has 2 rings (SSSR count). The number of hydrogen-bond acceptors (Lipinski definition) is 3. The van der Waals surface area contributed by atoms with Gasteiger partial charge in [0.1, 0.15) is 0 Å². The fourth-order valence-corrected chi connectivity index (χ4v) is 2.79. The first-order chi connectivity index (χ1) is 10.1. The number of esters is 1. The maximum Gasteiger partial charge on any atom is 0.338 e. The van der Waals surface area contributed by atoms with Crippen LogP contribution in [0.4, 0.5) is 0 Å². The number of ether oxygens (including phenoxy) is 1. The SMILES string of the molecule is Cc1ccccc1C(=O)OCC(=O)N[C@@H]1CCCC[C@H]1C. The summed E-state index contributed by atoms with van der Waals surface area (Å²) in [4.78, 5) is 23.8. The zero-order valence-corrected chi connectivity index (χ0v) is 12.7. The maximum absolute atomic E-state index is 11.9. The molecule has 2 atom stereocenters. The van der Waals surface area contributed by atoms with Crippen molar-refractivity contribution in [3.05, 3.63) is 35.4 Å². The zero-order valence-electron chi connectivity index (χ0n) is 12.7. The molecule has 0 saturated heterocycles. The summed E-state index contributed by atoms with van der Waals surface area (Å²) < 4.78 is 5.10. The molecule has 0 spiro atoms. The van der Waals surface area contributed by atoms with Gasteiger partial charge in [0.2, 0.25) is 0 Å². The number of rotatable bonds is 4. The molecule has 0 aliphatic heterocycles. The van der Waals surface area contributed by atoms with Gasteiger partial charge in [-0.3, -0.25) is 4.79 Å². The highest BCUT2D eigenvalue weighted by Crippen LogP contribution is 2.23. The van der Waals surface area contributed by atoms with Gasteiger partial charge in [-0.25, -0.2) is 4.79 Å². The van der Waals surface area contributed by atoms with Gasteiger partial charge in [0, 0.05) is 6.04 Å². The van der Waals surface area contributed by atoms with E-state index in [1.807, 2.05) is 19.1 Å². The molecular weight excluding hydrogens is 266 g/mol. The zero-order chi connectivity index (χ0) is 15.2. The molecule has 4 nitrogen and oxygen atoms in total. The summed E-state index contributed by atoms with van der Waals surface area (Å²) in [6, 6.07) is 7.42. The first-order valence-corrected chi connectivity index (χ1v) is 7.60. The smallest absolute Gasteiger partial charge is 0.338 e. The van der Waals surface area contributed by atoms with E-state index in [1.54, 1.807) is 12.1 Å². The van der Waals surface area contributed by atoms with Crippen LogP contribution < -0.4 is 5.32 Å².